The van der Waals surface area contributed by atoms with E-state index in [9.17, 15) is 0 Å². The van der Waals surface area contributed by atoms with Crippen LogP contribution in [0.5, 0.6) is 0 Å². The van der Waals surface area contributed by atoms with Crippen molar-refractivity contribution in [1.29, 1.82) is 0 Å². The Kier molecular flexibility index (Phi) is 5.70. The third-order valence-electron chi connectivity index (χ3n) is 3.71. The fourth-order valence-corrected chi connectivity index (χ4v) is 2.74. The number of allylic oxidation sites excluding steroid dienone is 1. The zero-order chi connectivity index (χ0) is 13.8. The second kappa shape index (κ2) is 6.60. The minimum atomic E-state index is 0.174. The Labute approximate surface area is 125 Å². The Morgan fingerprint density at radius 1 is 1.44 bits per heavy atom. The molecule has 1 unspecified atom stereocenters. The average molecular weight is 357 g/mol. The SMILES string of the molecule is CC[C@@H](C)C(C)(I)/C=C(\NC)c1ccccc1C. The summed E-state index contributed by atoms with van der Waals surface area (Å²) in [6.45, 7) is 9.03. The standard InChI is InChI=1S/C16H24IN/c1-6-13(3)16(4,17)11-15(18-5)14-10-8-7-9-12(14)2/h7-11,13,18H,6H2,1-5H3/b15-11-/t13-,16?/m1/s1. The van der Waals surface area contributed by atoms with Gasteiger partial charge in [-0.05, 0) is 31.4 Å². The van der Waals surface area contributed by atoms with E-state index in [1.54, 1.807) is 0 Å². The number of nitrogens with one attached hydrogen (secondary N) is 1. The largest absolute Gasteiger partial charge is 0.388 e. The summed E-state index contributed by atoms with van der Waals surface area (Å²) >= 11 is 2.56. The Hall–Kier alpha value is -0.510. The number of alkyl halides is 1. The van der Waals surface area contributed by atoms with Crippen LogP contribution in [0.3, 0.4) is 0 Å². The third-order valence-corrected chi connectivity index (χ3v) is 5.08. The van der Waals surface area contributed by atoms with E-state index in [1.165, 1.54) is 23.2 Å². The molecule has 0 radical (unpaired) electrons. The lowest BCUT2D eigenvalue weighted by Crippen LogP contribution is -2.24. The molecule has 2 heteroatoms. The van der Waals surface area contributed by atoms with E-state index in [2.05, 4.69) is 85.9 Å². The molecule has 0 bridgehead atoms. The summed E-state index contributed by atoms with van der Waals surface area (Å²) in [5.41, 5.74) is 3.84. The summed E-state index contributed by atoms with van der Waals surface area (Å²) < 4.78 is 0.174. The molecule has 0 aliphatic carbocycles. The van der Waals surface area contributed by atoms with Gasteiger partial charge < -0.3 is 5.32 Å². The second-order valence-electron chi connectivity index (χ2n) is 5.08. The van der Waals surface area contributed by atoms with Gasteiger partial charge in [-0.15, -0.1) is 0 Å². The molecule has 1 rings (SSSR count). The Morgan fingerprint density at radius 2 is 2.06 bits per heavy atom. The molecular weight excluding hydrogens is 333 g/mol. The molecule has 0 saturated heterocycles. The van der Waals surface area contributed by atoms with Crippen LogP contribution in [0.2, 0.25) is 0 Å². The maximum Gasteiger partial charge on any atom is 0.0421 e. The molecular formula is C16H24IN. The van der Waals surface area contributed by atoms with Crippen LogP contribution in [-0.2, 0) is 0 Å². The fourth-order valence-electron chi connectivity index (χ4n) is 1.98. The number of rotatable bonds is 5. The normalized spacial score (nSPS) is 17.1. The topological polar surface area (TPSA) is 12.0 Å². The predicted molar refractivity (Wildman–Crippen MR) is 90.1 cm³/mol. The molecule has 0 aromatic heterocycles. The first kappa shape index (κ1) is 15.5. The number of benzene rings is 1. The fraction of sp³-hybridized carbons (Fsp3) is 0.500. The summed E-state index contributed by atoms with van der Waals surface area (Å²) in [5.74, 6) is 0.658. The highest BCUT2D eigenvalue weighted by molar-refractivity contribution is 14.1. The van der Waals surface area contributed by atoms with Crippen molar-refractivity contribution < 1.29 is 0 Å². The van der Waals surface area contributed by atoms with Crippen molar-refractivity contribution in [2.24, 2.45) is 5.92 Å². The summed E-state index contributed by atoms with van der Waals surface area (Å²) in [6, 6.07) is 8.53. The molecule has 0 heterocycles. The van der Waals surface area contributed by atoms with Crippen LogP contribution < -0.4 is 5.32 Å². The number of aryl methyl sites for hydroxylation is 1. The Balaban J connectivity index is 3.15. The minimum absolute atomic E-state index is 0.174. The molecule has 18 heavy (non-hydrogen) atoms. The molecule has 0 spiro atoms. The molecule has 1 aromatic carbocycles. The summed E-state index contributed by atoms with van der Waals surface area (Å²) in [4.78, 5) is 0. The average Bonchev–Trinajstić information content (AvgIpc) is 2.35. The van der Waals surface area contributed by atoms with Gasteiger partial charge in [0.15, 0.2) is 0 Å². The quantitative estimate of drug-likeness (QED) is 0.590. The van der Waals surface area contributed by atoms with Crippen LogP contribution in [0.4, 0.5) is 0 Å². The van der Waals surface area contributed by atoms with E-state index in [1.807, 2.05) is 7.05 Å². The van der Waals surface area contributed by atoms with Crippen molar-refractivity contribution in [3.05, 3.63) is 41.5 Å². The van der Waals surface area contributed by atoms with Crippen molar-refractivity contribution in [3.63, 3.8) is 0 Å². The van der Waals surface area contributed by atoms with Gasteiger partial charge in [-0.3, -0.25) is 0 Å². The smallest absolute Gasteiger partial charge is 0.0421 e. The zero-order valence-corrected chi connectivity index (χ0v) is 14.2. The van der Waals surface area contributed by atoms with Gasteiger partial charge in [0.2, 0.25) is 0 Å². The molecule has 0 saturated carbocycles. The van der Waals surface area contributed by atoms with Crippen LogP contribution in [-0.4, -0.2) is 10.5 Å². The number of hydrogen-bond donors (Lipinski definition) is 1. The number of hydrogen-bond acceptors (Lipinski definition) is 1. The Morgan fingerprint density at radius 3 is 2.56 bits per heavy atom. The minimum Gasteiger partial charge on any atom is -0.388 e. The predicted octanol–water partition coefficient (Wildman–Crippen LogP) is 4.80. The highest BCUT2D eigenvalue weighted by atomic mass is 127. The molecule has 100 valence electrons. The molecule has 1 aromatic rings. The van der Waals surface area contributed by atoms with Crippen LogP contribution in [0.1, 0.15) is 38.3 Å². The van der Waals surface area contributed by atoms with E-state index >= 15 is 0 Å². The van der Waals surface area contributed by atoms with E-state index in [0.717, 1.165) is 0 Å². The van der Waals surface area contributed by atoms with Crippen molar-refractivity contribution in [2.75, 3.05) is 7.05 Å². The van der Waals surface area contributed by atoms with Crippen LogP contribution in [0, 0.1) is 12.8 Å². The van der Waals surface area contributed by atoms with Gasteiger partial charge in [-0.1, -0.05) is 67.1 Å². The van der Waals surface area contributed by atoms with E-state index in [4.69, 9.17) is 0 Å². The lowest BCUT2D eigenvalue weighted by molar-refractivity contribution is 0.502. The maximum atomic E-state index is 3.35. The highest BCUT2D eigenvalue weighted by Crippen LogP contribution is 2.34. The third kappa shape index (κ3) is 3.74. The molecule has 0 aliphatic heterocycles. The van der Waals surface area contributed by atoms with Crippen molar-refractivity contribution in [3.8, 4) is 0 Å². The van der Waals surface area contributed by atoms with E-state index in [-0.39, 0.29) is 3.42 Å². The highest BCUT2D eigenvalue weighted by Gasteiger charge is 2.25. The zero-order valence-electron chi connectivity index (χ0n) is 12.0. The monoisotopic (exact) mass is 357 g/mol. The number of halogens is 1. The van der Waals surface area contributed by atoms with Gasteiger partial charge in [-0.2, -0.15) is 0 Å². The first-order chi connectivity index (χ1) is 8.42. The van der Waals surface area contributed by atoms with Crippen molar-refractivity contribution in [1.82, 2.24) is 5.32 Å². The molecule has 0 amide bonds. The van der Waals surface area contributed by atoms with Gasteiger partial charge in [-0.25, -0.2) is 0 Å². The van der Waals surface area contributed by atoms with E-state index < -0.39 is 0 Å². The first-order valence-corrected chi connectivity index (χ1v) is 7.65. The first-order valence-electron chi connectivity index (χ1n) is 6.58. The molecule has 2 atom stereocenters. The second-order valence-corrected chi connectivity index (χ2v) is 7.41. The van der Waals surface area contributed by atoms with Crippen LogP contribution in [0.15, 0.2) is 30.3 Å². The van der Waals surface area contributed by atoms with Gasteiger partial charge in [0.1, 0.15) is 0 Å². The summed E-state index contributed by atoms with van der Waals surface area (Å²) in [7, 11) is 2.00. The van der Waals surface area contributed by atoms with Gasteiger partial charge in [0, 0.05) is 21.7 Å². The summed E-state index contributed by atoms with van der Waals surface area (Å²) in [6.07, 6.45) is 3.56. The van der Waals surface area contributed by atoms with Crippen LogP contribution >= 0.6 is 22.6 Å². The molecule has 1 nitrogen and oxygen atoms in total. The van der Waals surface area contributed by atoms with Gasteiger partial charge in [0.25, 0.3) is 0 Å². The molecule has 0 aliphatic rings. The summed E-state index contributed by atoms with van der Waals surface area (Å²) in [5, 5.41) is 3.35. The van der Waals surface area contributed by atoms with Crippen LogP contribution in [0.25, 0.3) is 5.70 Å². The Bertz CT molecular complexity index is 421. The molecule has 1 N–H and O–H groups in total. The van der Waals surface area contributed by atoms with Gasteiger partial charge in [0.05, 0.1) is 0 Å². The molecule has 0 fully saturated rings. The lowest BCUT2D eigenvalue weighted by atomic mass is 9.91. The van der Waals surface area contributed by atoms with Crippen molar-refractivity contribution >= 4 is 28.3 Å². The van der Waals surface area contributed by atoms with Gasteiger partial charge >= 0.3 is 0 Å². The lowest BCUT2D eigenvalue weighted by Gasteiger charge is -2.27. The maximum absolute atomic E-state index is 3.35. The van der Waals surface area contributed by atoms with E-state index in [0.29, 0.717) is 5.92 Å². The van der Waals surface area contributed by atoms with Crippen molar-refractivity contribution in [2.45, 2.75) is 37.5 Å².